The van der Waals surface area contributed by atoms with Crippen molar-refractivity contribution in [2.75, 3.05) is 18.4 Å². The fourth-order valence-electron chi connectivity index (χ4n) is 4.85. The molecule has 3 aromatic carbocycles. The zero-order valence-corrected chi connectivity index (χ0v) is 23.8. The van der Waals surface area contributed by atoms with Gasteiger partial charge in [0.2, 0.25) is 0 Å². The summed E-state index contributed by atoms with van der Waals surface area (Å²) in [5.41, 5.74) is 7.39. The minimum atomic E-state index is -0.973. The summed E-state index contributed by atoms with van der Waals surface area (Å²) in [6.45, 7) is 6.83. The average Bonchev–Trinajstić information content (AvgIpc) is 2.99. The third kappa shape index (κ3) is 6.61. The van der Waals surface area contributed by atoms with Gasteiger partial charge in [-0.05, 0) is 63.1 Å². The molecular weight excluding hydrogens is 514 g/mol. The van der Waals surface area contributed by atoms with Gasteiger partial charge in [0.25, 0.3) is 17.4 Å². The second-order valence-electron chi connectivity index (χ2n) is 10.3. The van der Waals surface area contributed by atoms with Gasteiger partial charge >= 0.3 is 0 Å². The molecule has 8 nitrogen and oxygen atoms in total. The smallest absolute Gasteiger partial charge is 0.266 e. The van der Waals surface area contributed by atoms with E-state index in [4.69, 9.17) is 10.7 Å². The van der Waals surface area contributed by atoms with Crippen molar-refractivity contribution in [2.45, 2.75) is 45.7 Å². The summed E-state index contributed by atoms with van der Waals surface area (Å²) in [6.07, 6.45) is 2.38. The molecule has 2 amide bonds. The number of nitrogens with one attached hydrogen (secondary N) is 1. The average molecular weight is 552 g/mol. The number of carbonyl (C=O) groups excluding carboxylic acids is 2. The Labute approximate surface area is 240 Å². The van der Waals surface area contributed by atoms with Gasteiger partial charge in [-0.25, -0.2) is 4.98 Å². The van der Waals surface area contributed by atoms with Gasteiger partial charge in [0.05, 0.1) is 12.1 Å². The summed E-state index contributed by atoms with van der Waals surface area (Å²) in [5, 5.41) is 2.79. The molecule has 0 aliphatic carbocycles. The van der Waals surface area contributed by atoms with E-state index in [0.717, 1.165) is 11.1 Å². The van der Waals surface area contributed by atoms with Crippen LogP contribution in [-0.4, -0.2) is 39.4 Å². The Bertz CT molecular complexity index is 1540. The Kier molecular flexibility index (Phi) is 9.47. The summed E-state index contributed by atoms with van der Waals surface area (Å²) >= 11 is 0. The van der Waals surface area contributed by atoms with E-state index in [2.05, 4.69) is 5.32 Å². The van der Waals surface area contributed by atoms with Gasteiger partial charge in [0, 0.05) is 24.0 Å². The molecule has 1 unspecified atom stereocenters. The first kappa shape index (κ1) is 29.4. The van der Waals surface area contributed by atoms with Crippen LogP contribution in [-0.2, 0) is 12.1 Å². The van der Waals surface area contributed by atoms with E-state index in [0.29, 0.717) is 43.0 Å². The van der Waals surface area contributed by atoms with E-state index in [9.17, 15) is 14.4 Å². The lowest BCUT2D eigenvalue weighted by atomic mass is 9.92. The number of rotatable bonds is 11. The Morgan fingerprint density at radius 1 is 0.976 bits per heavy atom. The first-order valence-electron chi connectivity index (χ1n) is 13.9. The lowest BCUT2D eigenvalue weighted by Gasteiger charge is -2.41. The lowest BCUT2D eigenvalue weighted by Crippen LogP contribution is -2.51. The number of benzene rings is 3. The van der Waals surface area contributed by atoms with Crippen LogP contribution in [0.4, 0.5) is 5.69 Å². The van der Waals surface area contributed by atoms with Crippen LogP contribution in [0, 0.1) is 6.92 Å². The first-order valence-corrected chi connectivity index (χ1v) is 13.9. The second kappa shape index (κ2) is 13.2. The first-order chi connectivity index (χ1) is 19.8. The van der Waals surface area contributed by atoms with E-state index >= 15 is 0 Å². The highest BCUT2D eigenvalue weighted by Gasteiger charge is 2.40. The molecule has 1 aromatic heterocycles. The largest absolute Gasteiger partial charge is 0.330 e. The molecule has 0 bridgehead atoms. The zero-order chi connectivity index (χ0) is 29.4. The van der Waals surface area contributed by atoms with Gasteiger partial charge in [-0.1, -0.05) is 73.2 Å². The molecule has 3 N–H and O–H groups in total. The maximum Gasteiger partial charge on any atom is 0.266 e. The molecule has 0 spiro atoms. The molecule has 4 aromatic rings. The highest BCUT2D eigenvalue weighted by molar-refractivity contribution is 6.03. The molecule has 0 fully saturated rings. The number of carbonyl (C=O) groups is 2. The van der Waals surface area contributed by atoms with Gasteiger partial charge in [-0.2, -0.15) is 0 Å². The molecule has 212 valence electrons. The predicted molar refractivity (Wildman–Crippen MR) is 162 cm³/mol. The van der Waals surface area contributed by atoms with Crippen molar-refractivity contribution < 1.29 is 9.59 Å². The van der Waals surface area contributed by atoms with Crippen molar-refractivity contribution in [3.8, 4) is 0 Å². The van der Waals surface area contributed by atoms with Gasteiger partial charge in [0.15, 0.2) is 0 Å². The standard InChI is InChI=1S/C33H37N5O3/c1-4-33(3,38(21-11-20-34)30(40)26-18-16-24(2)17-19-26)32-35-22-28(29(39)36-27-14-9-6-10-15-27)31(41)37(32)23-25-12-7-5-8-13-25/h5-10,12-19,22H,4,11,20-21,23,34H2,1-3H3,(H,36,39). The minimum Gasteiger partial charge on any atom is -0.330 e. The van der Waals surface area contributed by atoms with Crippen molar-refractivity contribution in [1.82, 2.24) is 14.5 Å². The summed E-state index contributed by atoms with van der Waals surface area (Å²) < 4.78 is 1.52. The number of anilines is 1. The molecule has 0 radical (unpaired) electrons. The number of nitrogens with two attached hydrogens (primary N) is 1. The third-order valence-corrected chi connectivity index (χ3v) is 7.40. The molecule has 41 heavy (non-hydrogen) atoms. The van der Waals surface area contributed by atoms with Crippen LogP contribution in [0.25, 0.3) is 0 Å². The number of para-hydroxylation sites is 1. The third-order valence-electron chi connectivity index (χ3n) is 7.40. The van der Waals surface area contributed by atoms with Crippen molar-refractivity contribution >= 4 is 17.5 Å². The molecular formula is C33H37N5O3. The minimum absolute atomic E-state index is 0.0784. The van der Waals surface area contributed by atoms with Gasteiger partial charge < -0.3 is 16.0 Å². The maximum absolute atomic E-state index is 14.0. The van der Waals surface area contributed by atoms with Crippen LogP contribution < -0.4 is 16.6 Å². The summed E-state index contributed by atoms with van der Waals surface area (Å²) in [5.74, 6) is -0.312. The fraction of sp³-hybridized carbons (Fsp3) is 0.273. The molecule has 0 aliphatic rings. The molecule has 1 heterocycles. The van der Waals surface area contributed by atoms with Crippen molar-refractivity contribution in [3.05, 3.63) is 130 Å². The molecule has 0 saturated heterocycles. The van der Waals surface area contributed by atoms with Crippen LogP contribution in [0.15, 0.2) is 95.9 Å². The number of hydrogen-bond acceptors (Lipinski definition) is 5. The van der Waals surface area contributed by atoms with E-state index < -0.39 is 17.0 Å². The fourth-order valence-corrected chi connectivity index (χ4v) is 4.85. The van der Waals surface area contributed by atoms with Crippen LogP contribution >= 0.6 is 0 Å². The van der Waals surface area contributed by atoms with Crippen LogP contribution in [0.3, 0.4) is 0 Å². The molecule has 1 atom stereocenters. The lowest BCUT2D eigenvalue weighted by molar-refractivity contribution is 0.0447. The number of aromatic nitrogens is 2. The van der Waals surface area contributed by atoms with Gasteiger partial charge in [-0.3, -0.25) is 19.0 Å². The second-order valence-corrected chi connectivity index (χ2v) is 10.3. The number of hydrogen-bond donors (Lipinski definition) is 2. The van der Waals surface area contributed by atoms with Crippen molar-refractivity contribution in [3.63, 3.8) is 0 Å². The number of amides is 2. The van der Waals surface area contributed by atoms with Crippen molar-refractivity contribution in [1.29, 1.82) is 0 Å². The van der Waals surface area contributed by atoms with Gasteiger partial charge in [0.1, 0.15) is 11.4 Å². The Balaban J connectivity index is 1.85. The normalized spacial score (nSPS) is 12.4. The quantitative estimate of drug-likeness (QED) is 0.274. The summed E-state index contributed by atoms with van der Waals surface area (Å²) in [4.78, 5) is 47.7. The topological polar surface area (TPSA) is 110 Å². The number of nitrogens with zero attached hydrogens (tertiary/aromatic N) is 3. The summed E-state index contributed by atoms with van der Waals surface area (Å²) in [6, 6.07) is 25.9. The zero-order valence-electron chi connectivity index (χ0n) is 23.8. The predicted octanol–water partition coefficient (Wildman–Crippen LogP) is 4.97. The number of aryl methyl sites for hydroxylation is 1. The van der Waals surface area contributed by atoms with Crippen molar-refractivity contribution in [2.24, 2.45) is 5.73 Å². The Morgan fingerprint density at radius 3 is 2.22 bits per heavy atom. The molecule has 4 rings (SSSR count). The van der Waals surface area contributed by atoms with E-state index in [1.165, 1.54) is 10.8 Å². The Morgan fingerprint density at radius 2 is 1.61 bits per heavy atom. The van der Waals surface area contributed by atoms with Crippen LogP contribution in [0.2, 0.25) is 0 Å². The van der Waals surface area contributed by atoms with Gasteiger partial charge in [-0.15, -0.1) is 0 Å². The molecule has 0 aliphatic heterocycles. The Hall–Kier alpha value is -4.56. The van der Waals surface area contributed by atoms with Crippen LogP contribution in [0.5, 0.6) is 0 Å². The molecule has 8 heteroatoms. The SMILES string of the molecule is CCC(C)(c1ncc(C(=O)Nc2ccccc2)c(=O)n1Cc1ccccc1)N(CCCN)C(=O)c1ccc(C)cc1. The van der Waals surface area contributed by atoms with Crippen LogP contribution in [0.1, 0.15) is 64.4 Å². The van der Waals surface area contributed by atoms with E-state index in [1.807, 2.05) is 81.4 Å². The highest BCUT2D eigenvalue weighted by Crippen LogP contribution is 2.32. The van der Waals surface area contributed by atoms with E-state index in [1.54, 1.807) is 29.2 Å². The summed E-state index contributed by atoms with van der Waals surface area (Å²) in [7, 11) is 0. The molecule has 0 saturated carbocycles. The monoisotopic (exact) mass is 551 g/mol. The van der Waals surface area contributed by atoms with E-state index in [-0.39, 0.29) is 18.0 Å². The maximum atomic E-state index is 14.0. The highest BCUT2D eigenvalue weighted by atomic mass is 16.2.